The summed E-state index contributed by atoms with van der Waals surface area (Å²) in [5, 5.41) is 23.0. The van der Waals surface area contributed by atoms with E-state index in [0.29, 0.717) is 6.42 Å². The topological polar surface area (TPSA) is 69.6 Å². The van der Waals surface area contributed by atoms with Crippen LogP contribution in [-0.2, 0) is 4.79 Å². The van der Waals surface area contributed by atoms with E-state index in [4.69, 9.17) is 0 Å². The average molecular weight is 782 g/mol. The summed E-state index contributed by atoms with van der Waals surface area (Å²) in [4.78, 5) is 12.4. The summed E-state index contributed by atoms with van der Waals surface area (Å²) in [6.45, 7) is 4.28. The van der Waals surface area contributed by atoms with Crippen molar-refractivity contribution in [2.24, 2.45) is 0 Å². The van der Waals surface area contributed by atoms with Gasteiger partial charge in [-0.15, -0.1) is 0 Å². The molecule has 0 saturated heterocycles. The number of amides is 1. The zero-order valence-corrected chi connectivity index (χ0v) is 37.4. The molecule has 0 aliphatic rings. The Morgan fingerprint density at radius 2 is 0.750 bits per heavy atom. The molecule has 0 bridgehead atoms. The summed E-state index contributed by atoms with van der Waals surface area (Å²) < 4.78 is 0. The van der Waals surface area contributed by atoms with Gasteiger partial charge in [-0.3, -0.25) is 4.79 Å². The van der Waals surface area contributed by atoms with Gasteiger partial charge in [0.2, 0.25) is 5.91 Å². The minimum Gasteiger partial charge on any atom is -0.394 e. The van der Waals surface area contributed by atoms with Crippen molar-refractivity contribution in [3.63, 3.8) is 0 Å². The highest BCUT2D eigenvalue weighted by atomic mass is 16.3. The van der Waals surface area contributed by atoms with E-state index in [9.17, 15) is 15.0 Å². The zero-order chi connectivity index (χ0) is 40.7. The Morgan fingerprint density at radius 3 is 1.16 bits per heavy atom. The van der Waals surface area contributed by atoms with Crippen LogP contribution in [0.1, 0.15) is 245 Å². The Hall–Kier alpha value is -1.91. The molecule has 2 atom stereocenters. The van der Waals surface area contributed by atoms with Gasteiger partial charge in [-0.2, -0.15) is 0 Å². The monoisotopic (exact) mass is 782 g/mol. The normalized spacial score (nSPS) is 13.4. The van der Waals surface area contributed by atoms with Crippen LogP contribution in [-0.4, -0.2) is 34.9 Å². The minimum absolute atomic E-state index is 0.0753. The number of hydrogen-bond acceptors (Lipinski definition) is 3. The molecule has 56 heavy (non-hydrogen) atoms. The molecule has 0 aromatic carbocycles. The Bertz CT molecular complexity index is 934. The van der Waals surface area contributed by atoms with Gasteiger partial charge in [0.15, 0.2) is 0 Å². The lowest BCUT2D eigenvalue weighted by molar-refractivity contribution is -0.123. The molecule has 0 aromatic rings. The molecule has 0 rings (SSSR count). The summed E-state index contributed by atoms with van der Waals surface area (Å²) in [7, 11) is 0. The Balaban J connectivity index is 3.55. The molecular weight excluding hydrogens is 687 g/mol. The van der Waals surface area contributed by atoms with Crippen LogP contribution in [0.15, 0.2) is 60.8 Å². The van der Waals surface area contributed by atoms with Crippen LogP contribution in [0, 0.1) is 0 Å². The van der Waals surface area contributed by atoms with E-state index in [1.807, 2.05) is 6.08 Å². The number of carbonyl (C=O) groups is 1. The number of unbranched alkanes of at least 4 members (excludes halogenated alkanes) is 29. The molecule has 0 aliphatic carbocycles. The molecule has 2 unspecified atom stereocenters. The molecule has 1 amide bonds. The molecule has 4 nitrogen and oxygen atoms in total. The summed E-state index contributed by atoms with van der Waals surface area (Å²) in [5.74, 6) is -0.0753. The van der Waals surface area contributed by atoms with Crippen LogP contribution in [0.2, 0.25) is 0 Å². The van der Waals surface area contributed by atoms with Crippen molar-refractivity contribution in [2.75, 3.05) is 6.61 Å². The van der Waals surface area contributed by atoms with Crippen LogP contribution in [0.3, 0.4) is 0 Å². The fourth-order valence-corrected chi connectivity index (χ4v) is 7.20. The van der Waals surface area contributed by atoms with Crippen molar-refractivity contribution in [1.29, 1.82) is 0 Å². The molecule has 0 spiro atoms. The summed E-state index contributed by atoms with van der Waals surface area (Å²) >= 11 is 0. The van der Waals surface area contributed by atoms with Crippen molar-refractivity contribution in [1.82, 2.24) is 5.32 Å². The second kappa shape index (κ2) is 47.5. The molecule has 0 aromatic heterocycles. The zero-order valence-electron chi connectivity index (χ0n) is 37.4. The Morgan fingerprint density at radius 1 is 0.429 bits per heavy atom. The third kappa shape index (κ3) is 43.2. The molecule has 326 valence electrons. The number of aliphatic hydroxyl groups is 2. The molecule has 0 heterocycles. The Kier molecular flexibility index (Phi) is 45.8. The van der Waals surface area contributed by atoms with E-state index in [0.717, 1.165) is 44.9 Å². The van der Waals surface area contributed by atoms with Crippen molar-refractivity contribution >= 4 is 5.91 Å². The SMILES string of the molecule is CCCCCCC/C=C\C/C=C\C/C=C\CCCCCCCCCCCCCCCCC(=O)NC(CO)C(O)/C=C/CC/C=C/CCCCCCCCCCC. The molecule has 0 saturated carbocycles. The summed E-state index contributed by atoms with van der Waals surface area (Å²) in [5.41, 5.74) is 0. The van der Waals surface area contributed by atoms with E-state index < -0.39 is 12.1 Å². The third-order valence-electron chi connectivity index (χ3n) is 11.0. The minimum atomic E-state index is -0.863. The van der Waals surface area contributed by atoms with Gasteiger partial charge in [0, 0.05) is 6.42 Å². The van der Waals surface area contributed by atoms with Crippen molar-refractivity contribution in [3.8, 4) is 0 Å². The molecule has 0 fully saturated rings. The quantitative estimate of drug-likeness (QED) is 0.0426. The van der Waals surface area contributed by atoms with Gasteiger partial charge in [-0.1, -0.05) is 229 Å². The second-order valence-corrected chi connectivity index (χ2v) is 16.5. The molecular formula is C52H95NO3. The van der Waals surface area contributed by atoms with E-state index in [2.05, 4.69) is 67.8 Å². The van der Waals surface area contributed by atoms with Gasteiger partial charge in [0.1, 0.15) is 0 Å². The van der Waals surface area contributed by atoms with Gasteiger partial charge >= 0.3 is 0 Å². The average Bonchev–Trinajstić information content (AvgIpc) is 3.20. The van der Waals surface area contributed by atoms with E-state index in [-0.39, 0.29) is 12.5 Å². The van der Waals surface area contributed by atoms with Crippen molar-refractivity contribution in [2.45, 2.75) is 257 Å². The van der Waals surface area contributed by atoms with Crippen LogP contribution in [0.25, 0.3) is 0 Å². The maximum Gasteiger partial charge on any atom is 0.220 e. The predicted octanol–water partition coefficient (Wildman–Crippen LogP) is 15.7. The van der Waals surface area contributed by atoms with Gasteiger partial charge in [0.25, 0.3) is 0 Å². The van der Waals surface area contributed by atoms with Crippen LogP contribution in [0.5, 0.6) is 0 Å². The first-order valence-corrected chi connectivity index (χ1v) is 24.5. The van der Waals surface area contributed by atoms with Gasteiger partial charge in [-0.25, -0.2) is 0 Å². The number of aliphatic hydroxyl groups excluding tert-OH is 2. The van der Waals surface area contributed by atoms with Crippen LogP contribution in [0.4, 0.5) is 0 Å². The predicted molar refractivity (Wildman–Crippen MR) is 248 cm³/mol. The fraction of sp³-hybridized carbons (Fsp3) is 0.788. The first-order chi connectivity index (χ1) is 27.7. The van der Waals surface area contributed by atoms with Crippen LogP contribution >= 0.6 is 0 Å². The van der Waals surface area contributed by atoms with E-state index in [1.165, 1.54) is 180 Å². The van der Waals surface area contributed by atoms with Crippen molar-refractivity contribution < 1.29 is 15.0 Å². The van der Waals surface area contributed by atoms with Gasteiger partial charge < -0.3 is 15.5 Å². The highest BCUT2D eigenvalue weighted by molar-refractivity contribution is 5.76. The van der Waals surface area contributed by atoms with Gasteiger partial charge in [-0.05, 0) is 70.6 Å². The summed E-state index contributed by atoms with van der Waals surface area (Å²) in [6.07, 6.45) is 66.3. The maximum absolute atomic E-state index is 12.4. The lowest BCUT2D eigenvalue weighted by Crippen LogP contribution is -2.45. The summed E-state index contributed by atoms with van der Waals surface area (Å²) in [6, 6.07) is -0.640. The molecule has 4 heteroatoms. The lowest BCUT2D eigenvalue weighted by atomic mass is 10.0. The fourth-order valence-electron chi connectivity index (χ4n) is 7.20. The molecule has 0 aliphatic heterocycles. The lowest BCUT2D eigenvalue weighted by Gasteiger charge is -2.19. The first-order valence-electron chi connectivity index (χ1n) is 24.5. The highest BCUT2D eigenvalue weighted by Gasteiger charge is 2.17. The number of rotatable bonds is 44. The van der Waals surface area contributed by atoms with Gasteiger partial charge in [0.05, 0.1) is 18.8 Å². The first kappa shape index (κ1) is 54.1. The van der Waals surface area contributed by atoms with Crippen molar-refractivity contribution in [3.05, 3.63) is 60.8 Å². The smallest absolute Gasteiger partial charge is 0.220 e. The standard InChI is InChI=1S/C52H95NO3/c1-3-5-7-9-11-13-15-17-19-20-21-22-23-24-25-26-27-28-29-30-31-32-34-36-38-40-42-44-46-48-52(56)53-50(49-54)51(55)47-45-43-41-39-37-35-33-18-16-14-12-10-8-6-4-2/h15,17,20-21,23-24,37,39,45,47,50-51,54-55H,3-14,16,18-19,22,25-36,38,40-44,46,48-49H2,1-2H3,(H,53,56)/b17-15-,21-20-,24-23-,39-37+,47-45+. The second-order valence-electron chi connectivity index (χ2n) is 16.5. The maximum atomic E-state index is 12.4. The molecule has 3 N–H and O–H groups in total. The van der Waals surface area contributed by atoms with Crippen LogP contribution < -0.4 is 5.32 Å². The number of nitrogens with one attached hydrogen (secondary N) is 1. The molecule has 0 radical (unpaired) electrons. The number of carbonyl (C=O) groups excluding carboxylic acids is 1. The van der Waals surface area contributed by atoms with E-state index >= 15 is 0 Å². The Labute approximate surface area is 349 Å². The highest BCUT2D eigenvalue weighted by Crippen LogP contribution is 2.15. The number of hydrogen-bond donors (Lipinski definition) is 3. The third-order valence-corrected chi connectivity index (χ3v) is 11.0. The largest absolute Gasteiger partial charge is 0.394 e. The number of allylic oxidation sites excluding steroid dienone is 9. The van der Waals surface area contributed by atoms with E-state index in [1.54, 1.807) is 6.08 Å².